The second-order valence-electron chi connectivity index (χ2n) is 4.18. The Bertz CT molecular complexity index is 421. The number of benzene rings is 1. The van der Waals surface area contributed by atoms with Crippen molar-refractivity contribution in [2.45, 2.75) is 25.7 Å². The predicted molar refractivity (Wildman–Crippen MR) is 59.3 cm³/mol. The maximum absolute atomic E-state index is 2.32. The molecule has 0 bridgehead atoms. The highest BCUT2D eigenvalue weighted by Crippen LogP contribution is 2.31. The molecule has 14 heavy (non-hydrogen) atoms. The number of rotatable bonds is 0. The van der Waals surface area contributed by atoms with Crippen LogP contribution in [0.15, 0.2) is 47.6 Å². The van der Waals surface area contributed by atoms with E-state index in [9.17, 15) is 0 Å². The van der Waals surface area contributed by atoms with Crippen LogP contribution < -0.4 is 0 Å². The van der Waals surface area contributed by atoms with Crippen LogP contribution in [0.4, 0.5) is 0 Å². The molecule has 0 nitrogen and oxygen atoms in total. The Balaban J connectivity index is 2.02. The van der Waals surface area contributed by atoms with Crippen LogP contribution in [-0.4, -0.2) is 0 Å². The molecule has 2 aliphatic carbocycles. The lowest BCUT2D eigenvalue weighted by Gasteiger charge is -2.05. The molecule has 0 saturated heterocycles. The SMILES string of the molecule is C1=CC2=C(C1)Cc1ccccc1CC2. The first-order valence-electron chi connectivity index (χ1n) is 5.38. The van der Waals surface area contributed by atoms with Crippen molar-refractivity contribution < 1.29 is 0 Å². The van der Waals surface area contributed by atoms with E-state index in [1.807, 2.05) is 0 Å². The lowest BCUT2D eigenvalue weighted by Crippen LogP contribution is -1.91. The van der Waals surface area contributed by atoms with E-state index in [0.717, 1.165) is 0 Å². The first kappa shape index (κ1) is 8.05. The molecule has 3 rings (SSSR count). The van der Waals surface area contributed by atoms with Crippen LogP contribution in [0.2, 0.25) is 0 Å². The van der Waals surface area contributed by atoms with Crippen LogP contribution in [0.3, 0.4) is 0 Å². The molecule has 0 saturated carbocycles. The molecule has 2 aliphatic rings. The van der Waals surface area contributed by atoms with Gasteiger partial charge in [-0.1, -0.05) is 42.0 Å². The van der Waals surface area contributed by atoms with Gasteiger partial charge in [-0.15, -0.1) is 0 Å². The summed E-state index contributed by atoms with van der Waals surface area (Å²) >= 11 is 0. The second-order valence-corrected chi connectivity index (χ2v) is 4.18. The Hall–Kier alpha value is -1.30. The topological polar surface area (TPSA) is 0 Å². The number of aryl methyl sites for hydroxylation is 1. The summed E-state index contributed by atoms with van der Waals surface area (Å²) in [6, 6.07) is 8.88. The normalized spacial score (nSPS) is 19.1. The van der Waals surface area contributed by atoms with Gasteiger partial charge in [-0.2, -0.15) is 0 Å². The van der Waals surface area contributed by atoms with E-state index in [0.29, 0.717) is 0 Å². The van der Waals surface area contributed by atoms with Crippen LogP contribution in [0.5, 0.6) is 0 Å². The van der Waals surface area contributed by atoms with Gasteiger partial charge in [-0.25, -0.2) is 0 Å². The van der Waals surface area contributed by atoms with Crippen molar-refractivity contribution in [1.82, 2.24) is 0 Å². The van der Waals surface area contributed by atoms with Crippen molar-refractivity contribution in [3.05, 3.63) is 58.7 Å². The van der Waals surface area contributed by atoms with Crippen molar-refractivity contribution in [1.29, 1.82) is 0 Å². The molecule has 0 amide bonds. The fraction of sp³-hybridized carbons (Fsp3) is 0.286. The quantitative estimate of drug-likeness (QED) is 0.576. The molecular weight excluding hydrogens is 168 g/mol. The Morgan fingerprint density at radius 3 is 2.71 bits per heavy atom. The molecule has 0 aromatic heterocycles. The van der Waals surface area contributed by atoms with Crippen LogP contribution in [-0.2, 0) is 12.8 Å². The summed E-state index contributed by atoms with van der Waals surface area (Å²) in [4.78, 5) is 0. The van der Waals surface area contributed by atoms with E-state index < -0.39 is 0 Å². The molecule has 0 spiro atoms. The van der Waals surface area contributed by atoms with Gasteiger partial charge in [0.25, 0.3) is 0 Å². The maximum Gasteiger partial charge on any atom is -0.00554 e. The highest BCUT2D eigenvalue weighted by atomic mass is 14.2. The average Bonchev–Trinajstić information content (AvgIpc) is 2.58. The summed E-state index contributed by atoms with van der Waals surface area (Å²) in [6.45, 7) is 0. The molecule has 0 unspecified atom stereocenters. The van der Waals surface area contributed by atoms with Crippen LogP contribution >= 0.6 is 0 Å². The maximum atomic E-state index is 2.32. The lowest BCUT2D eigenvalue weighted by atomic mass is 10.0. The average molecular weight is 182 g/mol. The number of hydrogen-bond acceptors (Lipinski definition) is 0. The highest BCUT2D eigenvalue weighted by Gasteiger charge is 2.15. The lowest BCUT2D eigenvalue weighted by molar-refractivity contribution is 0.969. The van der Waals surface area contributed by atoms with Gasteiger partial charge >= 0.3 is 0 Å². The van der Waals surface area contributed by atoms with Crippen LogP contribution in [0.1, 0.15) is 24.0 Å². The third-order valence-corrected chi connectivity index (χ3v) is 3.32. The third kappa shape index (κ3) is 1.22. The highest BCUT2D eigenvalue weighted by molar-refractivity contribution is 5.42. The zero-order valence-electron chi connectivity index (χ0n) is 8.29. The molecule has 1 aromatic carbocycles. The van der Waals surface area contributed by atoms with Crippen molar-refractivity contribution in [3.8, 4) is 0 Å². The molecule has 0 fully saturated rings. The zero-order valence-corrected chi connectivity index (χ0v) is 8.29. The Labute approximate surface area is 85.0 Å². The standard InChI is InChI=1S/C14H14/c1-2-5-13-10-14-7-3-6-12(14)9-8-11(13)4-1/h1-6H,7-10H2. The van der Waals surface area contributed by atoms with Crippen molar-refractivity contribution in [3.63, 3.8) is 0 Å². The minimum Gasteiger partial charge on any atom is -0.0802 e. The molecule has 70 valence electrons. The van der Waals surface area contributed by atoms with Crippen LogP contribution in [0, 0.1) is 0 Å². The van der Waals surface area contributed by atoms with Crippen molar-refractivity contribution in [2.75, 3.05) is 0 Å². The van der Waals surface area contributed by atoms with Crippen molar-refractivity contribution in [2.24, 2.45) is 0 Å². The summed E-state index contributed by atoms with van der Waals surface area (Å²) < 4.78 is 0. The molecule has 1 aromatic rings. The van der Waals surface area contributed by atoms with Gasteiger partial charge in [0.05, 0.1) is 0 Å². The minimum absolute atomic E-state index is 1.18. The Morgan fingerprint density at radius 2 is 1.79 bits per heavy atom. The first-order chi connectivity index (χ1) is 6.93. The number of allylic oxidation sites excluding steroid dienone is 4. The van der Waals surface area contributed by atoms with E-state index >= 15 is 0 Å². The monoisotopic (exact) mass is 182 g/mol. The molecule has 0 aliphatic heterocycles. The molecule has 0 heteroatoms. The van der Waals surface area contributed by atoms with E-state index in [1.165, 1.54) is 25.7 Å². The fourth-order valence-corrected chi connectivity index (χ4v) is 2.51. The minimum atomic E-state index is 1.18. The van der Waals surface area contributed by atoms with Gasteiger partial charge in [-0.3, -0.25) is 0 Å². The van der Waals surface area contributed by atoms with E-state index in [1.54, 1.807) is 22.3 Å². The molecule has 0 radical (unpaired) electrons. The van der Waals surface area contributed by atoms with Gasteiger partial charge in [0.1, 0.15) is 0 Å². The molecular formula is C14H14. The van der Waals surface area contributed by atoms with Crippen molar-refractivity contribution >= 4 is 0 Å². The summed E-state index contributed by atoms with van der Waals surface area (Å²) in [5, 5.41) is 0. The van der Waals surface area contributed by atoms with Gasteiger partial charge < -0.3 is 0 Å². The van der Waals surface area contributed by atoms with E-state index in [-0.39, 0.29) is 0 Å². The molecule has 0 atom stereocenters. The number of fused-ring (bicyclic) bond motifs is 1. The Kier molecular flexibility index (Phi) is 1.80. The van der Waals surface area contributed by atoms with Crippen LogP contribution in [0.25, 0.3) is 0 Å². The second kappa shape index (κ2) is 3.13. The van der Waals surface area contributed by atoms with Gasteiger partial charge in [0.2, 0.25) is 0 Å². The van der Waals surface area contributed by atoms with Gasteiger partial charge in [-0.05, 0) is 42.4 Å². The third-order valence-electron chi connectivity index (χ3n) is 3.32. The fourth-order valence-electron chi connectivity index (χ4n) is 2.51. The summed E-state index contributed by atoms with van der Waals surface area (Å²) in [5.41, 5.74) is 6.34. The van der Waals surface area contributed by atoms with E-state index in [4.69, 9.17) is 0 Å². The summed E-state index contributed by atoms with van der Waals surface area (Å²) in [6.07, 6.45) is 9.45. The first-order valence-corrected chi connectivity index (χ1v) is 5.38. The largest absolute Gasteiger partial charge is 0.0802 e. The summed E-state index contributed by atoms with van der Waals surface area (Å²) in [5.74, 6) is 0. The molecule has 0 N–H and O–H groups in total. The van der Waals surface area contributed by atoms with Gasteiger partial charge in [0, 0.05) is 0 Å². The predicted octanol–water partition coefficient (Wildman–Crippen LogP) is 3.43. The summed E-state index contributed by atoms with van der Waals surface area (Å²) in [7, 11) is 0. The molecule has 0 heterocycles. The van der Waals surface area contributed by atoms with Gasteiger partial charge in [0.15, 0.2) is 0 Å². The zero-order chi connectivity index (χ0) is 9.38. The number of hydrogen-bond donors (Lipinski definition) is 0. The van der Waals surface area contributed by atoms with E-state index in [2.05, 4.69) is 36.4 Å². The smallest absolute Gasteiger partial charge is 0.00554 e. The Morgan fingerprint density at radius 1 is 0.929 bits per heavy atom.